The smallest absolute Gasteiger partial charge is 0.204 e. The van der Waals surface area contributed by atoms with E-state index in [0.29, 0.717) is 0 Å². The van der Waals surface area contributed by atoms with Gasteiger partial charge in [0.15, 0.2) is 0 Å². The first-order valence-corrected chi connectivity index (χ1v) is 5.92. The summed E-state index contributed by atoms with van der Waals surface area (Å²) < 4.78 is 107. The summed E-state index contributed by atoms with van der Waals surface area (Å²) >= 11 is 4.34. The van der Waals surface area contributed by atoms with Crippen molar-refractivity contribution < 1.29 is 39.5 Å². The van der Waals surface area contributed by atoms with Crippen LogP contribution in [0.25, 0.3) is 0 Å². The quantitative estimate of drug-likeness (QED) is 0.425. The molecule has 0 atom stereocenters. The molecule has 92 valence electrons. The van der Waals surface area contributed by atoms with Gasteiger partial charge in [-0.1, -0.05) is 0 Å². The Kier molecular flexibility index (Phi) is 3.69. The van der Waals surface area contributed by atoms with Gasteiger partial charge in [0.05, 0.1) is 0 Å². The average Bonchev–Trinajstić information content (AvgIpc) is 2.01. The fraction of sp³-hybridized carbons (Fsp3) is 1.00. The van der Waals surface area contributed by atoms with Crippen molar-refractivity contribution in [3.63, 3.8) is 0 Å². The van der Waals surface area contributed by atoms with Crippen LogP contribution < -0.4 is 0 Å². The van der Waals surface area contributed by atoms with E-state index in [4.69, 9.17) is 0 Å². The van der Waals surface area contributed by atoms with Crippen LogP contribution in [0.2, 0.25) is 0 Å². The van der Waals surface area contributed by atoms with Crippen LogP contribution >= 0.6 is 11.1 Å². The molecule has 0 aliphatic rings. The van der Waals surface area contributed by atoms with Crippen molar-refractivity contribution >= 4 is 19.9 Å². The van der Waals surface area contributed by atoms with Crippen molar-refractivity contribution in [3.8, 4) is 0 Å². The molecule has 0 unspecified atom stereocenters. The first kappa shape index (κ1) is 14.9. The molecule has 0 saturated carbocycles. The van der Waals surface area contributed by atoms with Crippen molar-refractivity contribution in [2.24, 2.45) is 0 Å². The molecule has 0 amide bonds. The van der Waals surface area contributed by atoms with Gasteiger partial charge in [0.2, 0.25) is 8.83 Å². The van der Waals surface area contributed by atoms with Crippen LogP contribution in [0.1, 0.15) is 0 Å². The van der Waals surface area contributed by atoms with Crippen molar-refractivity contribution in [1.29, 1.82) is 0 Å². The van der Waals surface area contributed by atoms with Gasteiger partial charge >= 0.3 is 23.6 Å². The molecule has 15 heavy (non-hydrogen) atoms. The van der Waals surface area contributed by atoms with Gasteiger partial charge in [-0.15, -0.1) is 0 Å². The molecule has 0 aliphatic carbocycles. The SMILES string of the molecule is FC(F)(F)C(F)(F)C(F)(F)C(F)(F)[SiH2]Cl. The minimum absolute atomic E-state index is 3.59. The van der Waals surface area contributed by atoms with Gasteiger partial charge in [-0.25, -0.2) is 8.78 Å². The van der Waals surface area contributed by atoms with Crippen molar-refractivity contribution in [1.82, 2.24) is 0 Å². The lowest BCUT2D eigenvalue weighted by Gasteiger charge is -2.32. The lowest BCUT2D eigenvalue weighted by molar-refractivity contribution is -0.382. The second-order valence-electron chi connectivity index (χ2n) is 2.48. The Morgan fingerprint density at radius 2 is 1.00 bits per heavy atom. The standard InChI is InChI=1S/C4H2ClF9Si/c5-15-4(13,14)2(8,9)1(6,7)3(10,11)12/h15H2. The number of alkyl halides is 9. The second kappa shape index (κ2) is 3.72. The Hall–Kier alpha value is -0.123. The summed E-state index contributed by atoms with van der Waals surface area (Å²) in [6.45, 7) is 0. The Morgan fingerprint density at radius 3 is 1.20 bits per heavy atom. The van der Waals surface area contributed by atoms with Crippen LogP contribution in [0.15, 0.2) is 0 Å². The largest absolute Gasteiger partial charge is 0.460 e. The highest BCUT2D eigenvalue weighted by Crippen LogP contribution is 2.52. The van der Waals surface area contributed by atoms with Crippen LogP contribution in [0.5, 0.6) is 0 Å². The normalized spacial score (nSPS) is 16.4. The van der Waals surface area contributed by atoms with Crippen LogP contribution in [-0.4, -0.2) is 32.4 Å². The van der Waals surface area contributed by atoms with Gasteiger partial charge in [-0.05, 0) is 0 Å². The van der Waals surface area contributed by atoms with Crippen LogP contribution in [0.4, 0.5) is 39.5 Å². The molecule has 0 heterocycles. The number of rotatable bonds is 3. The molecule has 0 nitrogen and oxygen atoms in total. The highest BCUT2D eigenvalue weighted by atomic mass is 35.6. The minimum Gasteiger partial charge on any atom is -0.204 e. The number of hydrogen-bond acceptors (Lipinski definition) is 0. The van der Waals surface area contributed by atoms with E-state index in [1.165, 1.54) is 0 Å². The average molecular weight is 285 g/mol. The first-order valence-electron chi connectivity index (χ1n) is 3.07. The summed E-state index contributed by atoms with van der Waals surface area (Å²) in [5, 5.41) is 0. The second-order valence-corrected chi connectivity index (χ2v) is 4.44. The lowest BCUT2D eigenvalue weighted by atomic mass is 10.1. The predicted octanol–water partition coefficient (Wildman–Crippen LogP) is 2.73. The molecule has 0 N–H and O–H groups in total. The van der Waals surface area contributed by atoms with E-state index in [2.05, 4.69) is 11.1 Å². The highest BCUT2D eigenvalue weighted by Gasteiger charge is 2.81. The van der Waals surface area contributed by atoms with Crippen molar-refractivity contribution in [2.75, 3.05) is 0 Å². The fourth-order valence-corrected chi connectivity index (χ4v) is 1.38. The Morgan fingerprint density at radius 1 is 0.667 bits per heavy atom. The zero-order valence-corrected chi connectivity index (χ0v) is 8.66. The van der Waals surface area contributed by atoms with Crippen LogP contribution in [0, 0.1) is 0 Å². The zero-order chi connectivity index (χ0) is 12.7. The van der Waals surface area contributed by atoms with E-state index >= 15 is 0 Å². The molecule has 0 bridgehead atoms. The van der Waals surface area contributed by atoms with Crippen LogP contribution in [-0.2, 0) is 0 Å². The van der Waals surface area contributed by atoms with Gasteiger partial charge in [0.25, 0.3) is 0 Å². The maximum absolute atomic E-state index is 12.2. The van der Waals surface area contributed by atoms with Gasteiger partial charge in [-0.2, -0.15) is 41.8 Å². The Labute approximate surface area is 83.9 Å². The highest BCUT2D eigenvalue weighted by molar-refractivity contribution is 6.95. The summed E-state index contributed by atoms with van der Waals surface area (Å²) in [5.41, 5.74) is -5.52. The van der Waals surface area contributed by atoms with E-state index in [0.717, 1.165) is 0 Å². The zero-order valence-electron chi connectivity index (χ0n) is 6.49. The molecule has 0 aromatic carbocycles. The summed E-state index contributed by atoms with van der Waals surface area (Å²) in [6.07, 6.45) is -6.76. The maximum Gasteiger partial charge on any atom is 0.460 e. The number of halogens is 10. The van der Waals surface area contributed by atoms with Crippen molar-refractivity contribution in [3.05, 3.63) is 0 Å². The monoisotopic (exact) mass is 284 g/mol. The van der Waals surface area contributed by atoms with E-state index in [1.54, 1.807) is 0 Å². The Bertz CT molecular complexity index is 233. The summed E-state index contributed by atoms with van der Waals surface area (Å²) in [7, 11) is -3.59. The van der Waals surface area contributed by atoms with Gasteiger partial charge in [-0.3, -0.25) is 0 Å². The van der Waals surface area contributed by atoms with Gasteiger partial charge in [0.1, 0.15) is 0 Å². The van der Waals surface area contributed by atoms with E-state index in [-0.39, 0.29) is 0 Å². The third-order valence-electron chi connectivity index (χ3n) is 1.38. The maximum atomic E-state index is 12.2. The predicted molar refractivity (Wildman–Crippen MR) is 35.3 cm³/mol. The van der Waals surface area contributed by atoms with E-state index in [1.807, 2.05) is 0 Å². The topological polar surface area (TPSA) is 0 Å². The molecule has 0 aromatic rings. The summed E-state index contributed by atoms with van der Waals surface area (Å²) in [4.78, 5) is 0. The molecule has 0 spiro atoms. The molecule has 11 heteroatoms. The Balaban J connectivity index is 5.38. The molecular weight excluding hydrogens is 283 g/mol. The molecule has 0 radical (unpaired) electrons. The molecule has 0 saturated heterocycles. The third kappa shape index (κ3) is 2.19. The van der Waals surface area contributed by atoms with Gasteiger partial charge < -0.3 is 0 Å². The first-order chi connectivity index (χ1) is 6.31. The summed E-state index contributed by atoms with van der Waals surface area (Å²) in [5.74, 6) is -13.3. The number of hydrogen-bond donors (Lipinski definition) is 0. The third-order valence-corrected chi connectivity index (χ3v) is 3.16. The molecule has 0 rings (SSSR count). The molecule has 0 aromatic heterocycles. The van der Waals surface area contributed by atoms with Crippen LogP contribution in [0.3, 0.4) is 0 Å². The fourth-order valence-electron chi connectivity index (χ4n) is 0.492. The van der Waals surface area contributed by atoms with E-state index < -0.39 is 32.4 Å². The summed E-state index contributed by atoms with van der Waals surface area (Å²) in [6, 6.07) is 0. The molecular formula is C4H2ClF9Si. The molecule has 0 fully saturated rings. The lowest BCUT2D eigenvalue weighted by Crippen LogP contribution is -2.62. The molecule has 0 aliphatic heterocycles. The van der Waals surface area contributed by atoms with Crippen molar-refractivity contribution in [2.45, 2.75) is 23.6 Å². The van der Waals surface area contributed by atoms with E-state index in [9.17, 15) is 39.5 Å². The minimum atomic E-state index is -6.81. The van der Waals surface area contributed by atoms with Gasteiger partial charge in [0, 0.05) is 0 Å².